The molecule has 9 heteroatoms. The number of carbonyl (C=O) groups excluding carboxylic acids is 2. The van der Waals surface area contributed by atoms with Gasteiger partial charge in [0.1, 0.15) is 5.75 Å². The van der Waals surface area contributed by atoms with Gasteiger partial charge in [0.05, 0.1) is 5.92 Å². The van der Waals surface area contributed by atoms with Crippen molar-refractivity contribution < 1.29 is 41.0 Å². The van der Waals surface area contributed by atoms with Gasteiger partial charge < -0.3 is 9.47 Å². The molecule has 0 amide bonds. The van der Waals surface area contributed by atoms with Crippen molar-refractivity contribution in [3.05, 3.63) is 72.8 Å². The summed E-state index contributed by atoms with van der Waals surface area (Å²) >= 11 is 0. The lowest BCUT2D eigenvalue weighted by atomic mass is 9.86. The van der Waals surface area contributed by atoms with Gasteiger partial charge in [-0.3, -0.25) is 9.59 Å². The first-order valence-electron chi connectivity index (χ1n) is 9.36. The maximum Gasteiger partial charge on any atom is 0.315 e. The van der Waals surface area contributed by atoms with Crippen LogP contribution in [0.3, 0.4) is 0 Å². The summed E-state index contributed by atoms with van der Waals surface area (Å²) in [6.07, 6.45) is 1.98. The largest absolute Gasteiger partial charge is 0.427 e. The molecule has 0 N–H and O–H groups in total. The van der Waals surface area contributed by atoms with Crippen LogP contribution in [0, 0.1) is 60.2 Å². The first-order chi connectivity index (χ1) is 14.7. The normalized spacial score (nSPS) is 20.5. The molecule has 2 aromatic carbocycles. The van der Waals surface area contributed by atoms with E-state index in [9.17, 15) is 31.5 Å². The monoisotopic (exact) mass is 440 g/mol. The highest BCUT2D eigenvalue weighted by molar-refractivity contribution is 5.79. The Morgan fingerprint density at radius 2 is 1.48 bits per heavy atom. The van der Waals surface area contributed by atoms with Crippen molar-refractivity contribution in [1.82, 2.24) is 0 Å². The van der Waals surface area contributed by atoms with E-state index in [-0.39, 0.29) is 12.8 Å². The van der Waals surface area contributed by atoms with Gasteiger partial charge in [0, 0.05) is 6.42 Å². The van der Waals surface area contributed by atoms with Gasteiger partial charge in [-0.25, -0.2) is 13.2 Å². The minimum atomic E-state index is -2.36. The molecule has 2 aromatic rings. The summed E-state index contributed by atoms with van der Waals surface area (Å²) in [5, 5.41) is 0. The minimum Gasteiger partial charge on any atom is -0.427 e. The van der Waals surface area contributed by atoms with Gasteiger partial charge in [0.2, 0.25) is 34.8 Å². The third-order valence-corrected chi connectivity index (χ3v) is 5.10. The Labute approximate surface area is 175 Å². The molecule has 164 valence electrons. The summed E-state index contributed by atoms with van der Waals surface area (Å²) in [6.45, 7) is 3.70. The van der Waals surface area contributed by atoms with Crippen molar-refractivity contribution in [2.75, 3.05) is 0 Å². The van der Waals surface area contributed by atoms with Gasteiger partial charge in [-0.2, -0.15) is 8.78 Å². The molecule has 0 bridgehead atoms. The maximum atomic E-state index is 13.9. The molecule has 3 atom stereocenters. The van der Waals surface area contributed by atoms with Gasteiger partial charge >= 0.3 is 11.9 Å². The van der Waals surface area contributed by atoms with Gasteiger partial charge in [0.15, 0.2) is 0 Å². The molecule has 0 aliphatic heterocycles. The number of para-hydroxylation sites is 1. The van der Waals surface area contributed by atoms with Crippen LogP contribution >= 0.6 is 0 Å². The van der Waals surface area contributed by atoms with E-state index in [4.69, 9.17) is 4.74 Å². The number of rotatable bonds is 6. The van der Waals surface area contributed by atoms with Crippen LogP contribution < -0.4 is 9.47 Å². The third-order valence-electron chi connectivity index (χ3n) is 5.10. The van der Waals surface area contributed by atoms with Gasteiger partial charge in [-0.05, 0) is 43.2 Å². The molecule has 1 aliphatic rings. The maximum absolute atomic E-state index is 13.9. The van der Waals surface area contributed by atoms with E-state index < -0.39 is 64.5 Å². The first-order valence-corrected chi connectivity index (χ1v) is 9.36. The van der Waals surface area contributed by atoms with Gasteiger partial charge in [-0.1, -0.05) is 25.1 Å². The molecule has 31 heavy (non-hydrogen) atoms. The zero-order valence-corrected chi connectivity index (χ0v) is 16.0. The van der Waals surface area contributed by atoms with Crippen LogP contribution in [0.1, 0.15) is 19.3 Å². The second-order valence-corrected chi connectivity index (χ2v) is 7.02. The summed E-state index contributed by atoms with van der Waals surface area (Å²) < 4.78 is 77.6. The zero-order valence-electron chi connectivity index (χ0n) is 16.0. The molecule has 0 spiro atoms. The fraction of sp³-hybridized carbons (Fsp3) is 0.273. The van der Waals surface area contributed by atoms with Crippen LogP contribution in [0.25, 0.3) is 0 Å². The molecule has 1 saturated carbocycles. The molecule has 3 rings (SSSR count). The quantitative estimate of drug-likeness (QED) is 0.209. The molecule has 0 heterocycles. The van der Waals surface area contributed by atoms with Crippen LogP contribution in [0.2, 0.25) is 0 Å². The second-order valence-electron chi connectivity index (χ2n) is 7.02. The predicted molar refractivity (Wildman–Crippen MR) is 97.9 cm³/mol. The Bertz CT molecular complexity index is 951. The highest BCUT2D eigenvalue weighted by atomic mass is 19.2. The van der Waals surface area contributed by atoms with Crippen molar-refractivity contribution >= 4 is 11.9 Å². The van der Waals surface area contributed by atoms with E-state index in [2.05, 4.69) is 11.7 Å². The van der Waals surface area contributed by atoms with E-state index in [1.807, 2.05) is 0 Å². The third kappa shape index (κ3) is 4.70. The van der Waals surface area contributed by atoms with E-state index in [0.29, 0.717) is 12.2 Å². The summed E-state index contributed by atoms with van der Waals surface area (Å²) in [4.78, 5) is 24.9. The van der Waals surface area contributed by atoms with Gasteiger partial charge in [0.25, 0.3) is 0 Å². The summed E-state index contributed by atoms with van der Waals surface area (Å²) in [6, 6.07) is 8.17. The first kappa shape index (κ1) is 22.7. The Morgan fingerprint density at radius 1 is 0.903 bits per heavy atom. The number of esters is 2. The number of hydrogen-bond acceptors (Lipinski definition) is 4. The Hall–Kier alpha value is -2.97. The highest BCUT2D eigenvalue weighted by Crippen LogP contribution is 2.42. The standard InChI is InChI=1S/C22H17F5O4/c1-2-11-8-9-12(10-14(28)30-13-6-4-3-5-7-13)15(11)22(29)31-21-19(26)17(24)16(23)18(25)20(21)27/h3-7,9,11-12,15H,1-2,8,10H2. The summed E-state index contributed by atoms with van der Waals surface area (Å²) in [5.41, 5.74) is 0. The van der Waals surface area contributed by atoms with E-state index in [1.165, 1.54) is 0 Å². The average Bonchev–Trinajstić information content (AvgIpc) is 3.17. The molecular weight excluding hydrogens is 423 g/mol. The van der Waals surface area contributed by atoms with Gasteiger partial charge in [-0.15, -0.1) is 0 Å². The number of benzene rings is 2. The predicted octanol–water partition coefficient (Wildman–Crippen LogP) is 4.96. The fourth-order valence-electron chi connectivity index (χ4n) is 3.56. The molecule has 2 radical (unpaired) electrons. The SMILES string of the molecule is [CH2]CC1C[CH]C(CC(=O)Oc2ccccc2)C1C(=O)Oc1c(F)c(F)c(F)c(F)c1F. The van der Waals surface area contributed by atoms with Crippen LogP contribution in [-0.2, 0) is 9.59 Å². The Balaban J connectivity index is 1.78. The second kappa shape index (κ2) is 9.45. The summed E-state index contributed by atoms with van der Waals surface area (Å²) in [5.74, 6) is -16.8. The topological polar surface area (TPSA) is 52.6 Å². The average molecular weight is 440 g/mol. The lowest BCUT2D eigenvalue weighted by molar-refractivity contribution is -0.143. The number of halogens is 5. The van der Waals surface area contributed by atoms with E-state index >= 15 is 0 Å². The molecule has 3 unspecified atom stereocenters. The zero-order chi connectivity index (χ0) is 22.7. The van der Waals surface area contributed by atoms with Crippen LogP contribution in [0.5, 0.6) is 11.5 Å². The lowest BCUT2D eigenvalue weighted by Crippen LogP contribution is -2.31. The minimum absolute atomic E-state index is 0.220. The van der Waals surface area contributed by atoms with E-state index in [1.54, 1.807) is 36.8 Å². The van der Waals surface area contributed by atoms with Crippen LogP contribution in [0.15, 0.2) is 30.3 Å². The molecular formula is C22H17F5O4. The van der Waals surface area contributed by atoms with E-state index in [0.717, 1.165) is 0 Å². The van der Waals surface area contributed by atoms with Crippen LogP contribution in [-0.4, -0.2) is 11.9 Å². The molecule has 4 nitrogen and oxygen atoms in total. The molecule has 1 aliphatic carbocycles. The van der Waals surface area contributed by atoms with Crippen molar-refractivity contribution in [2.45, 2.75) is 19.3 Å². The number of ether oxygens (including phenoxy) is 2. The molecule has 1 fully saturated rings. The van der Waals surface area contributed by atoms with Crippen molar-refractivity contribution in [3.8, 4) is 11.5 Å². The fourth-order valence-corrected chi connectivity index (χ4v) is 3.56. The molecule has 0 aromatic heterocycles. The van der Waals surface area contributed by atoms with Crippen molar-refractivity contribution in [2.24, 2.45) is 17.8 Å². The Kier molecular flexibility index (Phi) is 6.92. The number of carbonyl (C=O) groups is 2. The van der Waals surface area contributed by atoms with Crippen molar-refractivity contribution in [1.29, 1.82) is 0 Å². The van der Waals surface area contributed by atoms with Crippen LogP contribution in [0.4, 0.5) is 22.0 Å². The number of hydrogen-bond donors (Lipinski definition) is 0. The highest BCUT2D eigenvalue weighted by Gasteiger charge is 2.43. The molecule has 0 saturated heterocycles. The summed E-state index contributed by atoms with van der Waals surface area (Å²) in [7, 11) is 0. The Morgan fingerprint density at radius 3 is 2.06 bits per heavy atom. The smallest absolute Gasteiger partial charge is 0.315 e. The lowest BCUT2D eigenvalue weighted by Gasteiger charge is -2.22. The van der Waals surface area contributed by atoms with Crippen molar-refractivity contribution in [3.63, 3.8) is 0 Å².